The molecule has 1 aliphatic heterocycles. The van der Waals surface area contributed by atoms with Gasteiger partial charge in [0, 0.05) is 30.9 Å². The average Bonchev–Trinajstić information content (AvgIpc) is 3.32. The minimum Gasteiger partial charge on any atom is -0.508 e. The number of aryl methyl sites for hydroxylation is 1. The molecule has 8 nitrogen and oxygen atoms in total. The molecule has 1 aliphatic rings. The highest BCUT2D eigenvalue weighted by Gasteiger charge is 2.26. The Balaban J connectivity index is 1.65. The molecule has 0 fully saturated rings. The number of H-pyrrole nitrogens is 1. The number of anilines is 2. The van der Waals surface area contributed by atoms with Gasteiger partial charge in [-0.15, -0.1) is 10.2 Å². The minimum absolute atomic E-state index is 0.252. The van der Waals surface area contributed by atoms with Gasteiger partial charge in [-0.25, -0.2) is 9.97 Å². The number of aromatic nitrogens is 6. The molecule has 0 unspecified atom stereocenters. The molecule has 0 saturated carbocycles. The van der Waals surface area contributed by atoms with Gasteiger partial charge in [-0.2, -0.15) is 0 Å². The first-order chi connectivity index (χ1) is 12.6. The lowest BCUT2D eigenvalue weighted by Gasteiger charge is -2.18. The van der Waals surface area contributed by atoms with Crippen molar-refractivity contribution in [3.05, 3.63) is 41.9 Å². The van der Waals surface area contributed by atoms with Gasteiger partial charge in [-0.05, 0) is 31.0 Å². The maximum absolute atomic E-state index is 9.85. The Labute approximate surface area is 149 Å². The summed E-state index contributed by atoms with van der Waals surface area (Å²) in [6, 6.07) is 7.44. The highest BCUT2D eigenvalue weighted by molar-refractivity contribution is 5.88. The number of fused-ring (bicyclic) bond motifs is 2. The molecule has 5 rings (SSSR count). The number of rotatable bonds is 2. The molecule has 0 spiro atoms. The highest BCUT2D eigenvalue weighted by atomic mass is 16.3. The third-order valence-corrected chi connectivity index (χ3v) is 4.82. The second kappa shape index (κ2) is 5.29. The van der Waals surface area contributed by atoms with Gasteiger partial charge in [0.25, 0.3) is 0 Å². The molecule has 130 valence electrons. The van der Waals surface area contributed by atoms with Crippen LogP contribution in [-0.2, 0) is 13.5 Å². The number of hydrogen-bond donors (Lipinski definition) is 2. The molecular weight excluding hydrogens is 330 g/mol. The van der Waals surface area contributed by atoms with Crippen molar-refractivity contribution in [2.24, 2.45) is 7.05 Å². The van der Waals surface area contributed by atoms with Crippen molar-refractivity contribution in [1.29, 1.82) is 0 Å². The maximum Gasteiger partial charge on any atom is 0.231 e. The quantitative estimate of drug-likeness (QED) is 0.578. The molecule has 4 aromatic rings. The zero-order chi connectivity index (χ0) is 17.8. The fourth-order valence-corrected chi connectivity index (χ4v) is 3.59. The summed E-state index contributed by atoms with van der Waals surface area (Å²) in [6.07, 6.45) is 2.55. The van der Waals surface area contributed by atoms with Gasteiger partial charge in [0.2, 0.25) is 5.95 Å². The van der Waals surface area contributed by atoms with E-state index in [9.17, 15) is 5.11 Å². The lowest BCUT2D eigenvalue weighted by atomic mass is 10.1. The molecular formula is C18H17N7O. The van der Waals surface area contributed by atoms with Crippen LogP contribution in [0.1, 0.15) is 11.3 Å². The Morgan fingerprint density at radius 3 is 2.96 bits per heavy atom. The number of aromatic amines is 1. The van der Waals surface area contributed by atoms with Crippen LogP contribution in [0.3, 0.4) is 0 Å². The maximum atomic E-state index is 9.85. The fourth-order valence-electron chi connectivity index (χ4n) is 3.59. The van der Waals surface area contributed by atoms with E-state index in [1.807, 2.05) is 30.7 Å². The van der Waals surface area contributed by atoms with Crippen molar-refractivity contribution in [2.45, 2.75) is 13.3 Å². The molecule has 2 N–H and O–H groups in total. The molecule has 1 aromatic carbocycles. The third-order valence-electron chi connectivity index (χ3n) is 4.82. The van der Waals surface area contributed by atoms with E-state index >= 15 is 0 Å². The Bertz CT molecular complexity index is 1140. The molecule has 0 radical (unpaired) electrons. The number of pyridine rings is 1. The Morgan fingerprint density at radius 2 is 2.08 bits per heavy atom. The molecule has 8 heteroatoms. The van der Waals surface area contributed by atoms with E-state index in [1.54, 1.807) is 18.5 Å². The molecule has 0 aliphatic carbocycles. The second-order valence-corrected chi connectivity index (χ2v) is 6.51. The predicted molar refractivity (Wildman–Crippen MR) is 97.4 cm³/mol. The summed E-state index contributed by atoms with van der Waals surface area (Å²) in [5.74, 6) is 1.74. The zero-order valence-electron chi connectivity index (χ0n) is 14.4. The van der Waals surface area contributed by atoms with E-state index in [-0.39, 0.29) is 5.75 Å². The number of phenolic OH excluding ortho intramolecular Hbond substituents is 1. The van der Waals surface area contributed by atoms with E-state index < -0.39 is 0 Å². The summed E-state index contributed by atoms with van der Waals surface area (Å²) in [4.78, 5) is 13.9. The van der Waals surface area contributed by atoms with Crippen molar-refractivity contribution in [2.75, 3.05) is 11.4 Å². The van der Waals surface area contributed by atoms with Crippen molar-refractivity contribution in [3.8, 4) is 17.1 Å². The average molecular weight is 347 g/mol. The first-order valence-corrected chi connectivity index (χ1v) is 8.42. The first kappa shape index (κ1) is 14.9. The van der Waals surface area contributed by atoms with Gasteiger partial charge in [-0.3, -0.25) is 4.57 Å². The summed E-state index contributed by atoms with van der Waals surface area (Å²) in [5.41, 5.74) is 5.48. The predicted octanol–water partition coefficient (Wildman–Crippen LogP) is 2.46. The number of benzene rings is 1. The SMILES string of the molecule is Cc1cc(-c2nnc(N3CCc4ccc(O)cc43)n2C)c2[nH]cnc2n1. The van der Waals surface area contributed by atoms with Crippen LogP contribution in [0.5, 0.6) is 5.75 Å². The Morgan fingerprint density at radius 1 is 1.19 bits per heavy atom. The van der Waals surface area contributed by atoms with E-state index in [0.29, 0.717) is 5.65 Å². The molecule has 26 heavy (non-hydrogen) atoms. The van der Waals surface area contributed by atoms with Crippen LogP contribution in [0.4, 0.5) is 11.6 Å². The van der Waals surface area contributed by atoms with Gasteiger partial charge in [0.05, 0.1) is 17.5 Å². The second-order valence-electron chi connectivity index (χ2n) is 6.51. The van der Waals surface area contributed by atoms with E-state index in [2.05, 4.69) is 30.0 Å². The minimum atomic E-state index is 0.252. The van der Waals surface area contributed by atoms with Crippen molar-refractivity contribution >= 4 is 22.8 Å². The number of nitrogens with one attached hydrogen (secondary N) is 1. The van der Waals surface area contributed by atoms with Crippen LogP contribution >= 0.6 is 0 Å². The highest BCUT2D eigenvalue weighted by Crippen LogP contribution is 2.37. The van der Waals surface area contributed by atoms with Crippen LogP contribution in [0.2, 0.25) is 0 Å². The first-order valence-electron chi connectivity index (χ1n) is 8.42. The van der Waals surface area contributed by atoms with Gasteiger partial charge in [0.15, 0.2) is 11.5 Å². The topological polar surface area (TPSA) is 95.8 Å². The molecule has 3 aromatic heterocycles. The number of imidazole rings is 1. The van der Waals surface area contributed by atoms with Crippen LogP contribution in [0, 0.1) is 6.92 Å². The molecule has 0 atom stereocenters. The monoisotopic (exact) mass is 347 g/mol. The molecule has 0 amide bonds. The standard InChI is InChI=1S/C18H17N7O/c1-10-7-13(15-16(21-10)20-9-19-15)17-22-23-18(24(17)2)25-6-5-11-3-4-12(26)8-14(11)25/h3-4,7-9,26H,5-6H2,1-2H3,(H,19,20,21). The van der Waals surface area contributed by atoms with Gasteiger partial charge < -0.3 is 15.0 Å². The number of phenols is 1. The summed E-state index contributed by atoms with van der Waals surface area (Å²) < 4.78 is 1.97. The van der Waals surface area contributed by atoms with E-state index in [4.69, 9.17) is 0 Å². The van der Waals surface area contributed by atoms with Gasteiger partial charge in [0.1, 0.15) is 5.75 Å². The van der Waals surface area contributed by atoms with Gasteiger partial charge >= 0.3 is 0 Å². The van der Waals surface area contributed by atoms with Crippen molar-refractivity contribution < 1.29 is 5.11 Å². The van der Waals surface area contributed by atoms with Crippen molar-refractivity contribution in [1.82, 2.24) is 29.7 Å². The lowest BCUT2D eigenvalue weighted by Crippen LogP contribution is -2.17. The number of aromatic hydroxyl groups is 1. The Hall–Kier alpha value is -3.42. The third kappa shape index (κ3) is 2.08. The van der Waals surface area contributed by atoms with Gasteiger partial charge in [-0.1, -0.05) is 6.07 Å². The number of nitrogens with zero attached hydrogens (tertiary/aromatic N) is 6. The normalized spacial score (nSPS) is 13.5. The van der Waals surface area contributed by atoms with E-state index in [1.165, 1.54) is 5.56 Å². The van der Waals surface area contributed by atoms with E-state index in [0.717, 1.165) is 47.2 Å². The van der Waals surface area contributed by atoms with Crippen LogP contribution in [0.25, 0.3) is 22.6 Å². The van der Waals surface area contributed by atoms with Crippen LogP contribution < -0.4 is 4.90 Å². The summed E-state index contributed by atoms with van der Waals surface area (Å²) in [5, 5.41) is 18.7. The largest absolute Gasteiger partial charge is 0.508 e. The zero-order valence-corrected chi connectivity index (χ0v) is 14.4. The van der Waals surface area contributed by atoms with Crippen molar-refractivity contribution in [3.63, 3.8) is 0 Å². The Kier molecular flexibility index (Phi) is 3.03. The van der Waals surface area contributed by atoms with Crippen LogP contribution in [0.15, 0.2) is 30.6 Å². The summed E-state index contributed by atoms with van der Waals surface area (Å²) in [7, 11) is 1.95. The summed E-state index contributed by atoms with van der Waals surface area (Å²) in [6.45, 7) is 2.74. The molecule has 4 heterocycles. The molecule has 0 saturated heterocycles. The fraction of sp³-hybridized carbons (Fsp3) is 0.222. The van der Waals surface area contributed by atoms with Crippen LogP contribution in [-0.4, -0.2) is 41.4 Å². The smallest absolute Gasteiger partial charge is 0.231 e. The lowest BCUT2D eigenvalue weighted by molar-refractivity contribution is 0.475. The summed E-state index contributed by atoms with van der Waals surface area (Å²) >= 11 is 0. The molecule has 0 bridgehead atoms. The number of hydrogen-bond acceptors (Lipinski definition) is 6.